The second kappa shape index (κ2) is 7.91. The molecule has 0 aromatic heterocycles. The van der Waals surface area contributed by atoms with Gasteiger partial charge in [0.15, 0.2) is 0 Å². The molecule has 2 nitrogen and oxygen atoms in total. The van der Waals surface area contributed by atoms with Gasteiger partial charge in [0.2, 0.25) is 0 Å². The minimum Gasteiger partial charge on any atom is -0.382 e. The second-order valence-corrected chi connectivity index (χ2v) is 4.29. The monoisotopic (exact) mass is 261 g/mol. The lowest BCUT2D eigenvalue weighted by Crippen LogP contribution is -2.16. The lowest BCUT2D eigenvalue weighted by molar-refractivity contribution is 0.144. The van der Waals surface area contributed by atoms with Crippen molar-refractivity contribution in [2.45, 2.75) is 19.9 Å². The zero-order valence-electron chi connectivity index (χ0n) is 9.43. The Morgan fingerprint density at radius 1 is 1.25 bits per heavy atom. The molecule has 0 bridgehead atoms. The minimum atomic E-state index is 0.599. The first-order chi connectivity index (χ1) is 7.74. The van der Waals surface area contributed by atoms with Gasteiger partial charge < -0.3 is 10.1 Å². The fourth-order valence-corrected chi connectivity index (χ4v) is 1.65. The van der Waals surface area contributed by atoms with E-state index in [1.165, 1.54) is 0 Å². The van der Waals surface area contributed by atoms with Gasteiger partial charge in [0.05, 0.1) is 10.0 Å². The van der Waals surface area contributed by atoms with Gasteiger partial charge in [-0.3, -0.25) is 0 Å². The summed E-state index contributed by atoms with van der Waals surface area (Å²) in [4.78, 5) is 0. The third kappa shape index (κ3) is 5.17. The summed E-state index contributed by atoms with van der Waals surface area (Å²) in [5.41, 5.74) is 1.14. The molecular weight excluding hydrogens is 245 g/mol. The summed E-state index contributed by atoms with van der Waals surface area (Å²) in [6.07, 6.45) is 1.02. The molecule has 1 N–H and O–H groups in total. The Labute approximate surface area is 107 Å². The van der Waals surface area contributed by atoms with Gasteiger partial charge in [-0.25, -0.2) is 0 Å². The molecular formula is C12H17Cl2NO. The Balaban J connectivity index is 2.19. The molecule has 0 unspecified atom stereocenters. The zero-order chi connectivity index (χ0) is 11.8. The summed E-state index contributed by atoms with van der Waals surface area (Å²) in [6.45, 7) is 5.35. The number of benzene rings is 1. The Morgan fingerprint density at radius 3 is 2.75 bits per heavy atom. The van der Waals surface area contributed by atoms with Crippen LogP contribution >= 0.6 is 23.2 Å². The highest BCUT2D eigenvalue weighted by Crippen LogP contribution is 2.22. The number of halogens is 2. The van der Waals surface area contributed by atoms with Crippen LogP contribution in [0.3, 0.4) is 0 Å². The normalized spacial score (nSPS) is 10.7. The number of nitrogens with one attached hydrogen (secondary N) is 1. The largest absolute Gasteiger partial charge is 0.382 e. The highest BCUT2D eigenvalue weighted by Gasteiger charge is 1.98. The van der Waals surface area contributed by atoms with Crippen LogP contribution in [-0.4, -0.2) is 19.8 Å². The molecule has 0 heterocycles. The molecule has 0 spiro atoms. The van der Waals surface area contributed by atoms with Crippen LogP contribution in [-0.2, 0) is 11.3 Å². The first-order valence-corrected chi connectivity index (χ1v) is 6.22. The zero-order valence-corrected chi connectivity index (χ0v) is 10.9. The topological polar surface area (TPSA) is 21.3 Å². The summed E-state index contributed by atoms with van der Waals surface area (Å²) in [5, 5.41) is 4.53. The fourth-order valence-electron chi connectivity index (χ4n) is 1.33. The molecule has 0 saturated carbocycles. The van der Waals surface area contributed by atoms with Crippen LogP contribution in [0.25, 0.3) is 0 Å². The van der Waals surface area contributed by atoms with E-state index in [1.54, 1.807) is 0 Å². The summed E-state index contributed by atoms with van der Waals surface area (Å²) < 4.78 is 5.24. The molecule has 4 heteroatoms. The van der Waals surface area contributed by atoms with Crippen molar-refractivity contribution in [1.82, 2.24) is 5.32 Å². The SMILES string of the molecule is CCOCCCNCc1ccc(Cl)c(Cl)c1. The number of hydrogen-bond acceptors (Lipinski definition) is 2. The lowest BCUT2D eigenvalue weighted by atomic mass is 10.2. The van der Waals surface area contributed by atoms with Crippen LogP contribution in [0, 0.1) is 0 Å². The summed E-state index contributed by atoms with van der Waals surface area (Å²) in [7, 11) is 0. The molecule has 0 aliphatic carbocycles. The molecule has 1 rings (SSSR count). The molecule has 1 aromatic carbocycles. The van der Waals surface area contributed by atoms with Crippen molar-refractivity contribution in [3.05, 3.63) is 33.8 Å². The second-order valence-electron chi connectivity index (χ2n) is 3.48. The van der Waals surface area contributed by atoms with Gasteiger partial charge in [0, 0.05) is 19.8 Å². The van der Waals surface area contributed by atoms with Crippen LogP contribution in [0.4, 0.5) is 0 Å². The highest BCUT2D eigenvalue weighted by molar-refractivity contribution is 6.42. The van der Waals surface area contributed by atoms with E-state index in [1.807, 2.05) is 25.1 Å². The van der Waals surface area contributed by atoms with Crippen molar-refractivity contribution < 1.29 is 4.74 Å². The molecule has 0 atom stereocenters. The van der Waals surface area contributed by atoms with Gasteiger partial charge in [-0.2, -0.15) is 0 Å². The number of ether oxygens (including phenoxy) is 1. The fraction of sp³-hybridized carbons (Fsp3) is 0.500. The third-order valence-corrected chi connectivity index (χ3v) is 2.90. The number of hydrogen-bond donors (Lipinski definition) is 1. The smallest absolute Gasteiger partial charge is 0.0595 e. The quantitative estimate of drug-likeness (QED) is 0.759. The third-order valence-electron chi connectivity index (χ3n) is 2.16. The molecule has 1 aromatic rings. The Bertz CT molecular complexity index is 318. The average molecular weight is 262 g/mol. The average Bonchev–Trinajstić information content (AvgIpc) is 2.28. The molecule has 0 saturated heterocycles. The lowest BCUT2D eigenvalue weighted by Gasteiger charge is -2.06. The van der Waals surface area contributed by atoms with E-state index in [0.717, 1.165) is 38.3 Å². The van der Waals surface area contributed by atoms with Gasteiger partial charge in [-0.05, 0) is 37.6 Å². The van der Waals surface area contributed by atoms with Crippen LogP contribution in [0.1, 0.15) is 18.9 Å². The molecule has 90 valence electrons. The predicted molar refractivity (Wildman–Crippen MR) is 69.3 cm³/mol. The standard InChI is InChI=1S/C12H17Cl2NO/c1-2-16-7-3-6-15-9-10-4-5-11(13)12(14)8-10/h4-5,8,15H,2-3,6-7,9H2,1H3. The van der Waals surface area contributed by atoms with Crippen molar-refractivity contribution in [3.63, 3.8) is 0 Å². The summed E-state index contributed by atoms with van der Waals surface area (Å²) >= 11 is 11.7. The van der Waals surface area contributed by atoms with Crippen LogP contribution < -0.4 is 5.32 Å². The van der Waals surface area contributed by atoms with E-state index in [0.29, 0.717) is 10.0 Å². The molecule has 0 radical (unpaired) electrons. The van der Waals surface area contributed by atoms with Crippen molar-refractivity contribution >= 4 is 23.2 Å². The van der Waals surface area contributed by atoms with Gasteiger partial charge in [0.1, 0.15) is 0 Å². The first kappa shape index (κ1) is 13.8. The summed E-state index contributed by atoms with van der Waals surface area (Å²) in [6, 6.07) is 5.68. The van der Waals surface area contributed by atoms with Gasteiger partial charge in [0.25, 0.3) is 0 Å². The minimum absolute atomic E-state index is 0.599. The van der Waals surface area contributed by atoms with E-state index in [2.05, 4.69) is 5.32 Å². The van der Waals surface area contributed by atoms with Gasteiger partial charge >= 0.3 is 0 Å². The van der Waals surface area contributed by atoms with E-state index in [-0.39, 0.29) is 0 Å². The Morgan fingerprint density at radius 2 is 2.06 bits per heavy atom. The molecule has 16 heavy (non-hydrogen) atoms. The molecule has 0 aliphatic heterocycles. The predicted octanol–water partition coefficient (Wildman–Crippen LogP) is 3.51. The van der Waals surface area contributed by atoms with Gasteiger partial charge in [-0.15, -0.1) is 0 Å². The maximum absolute atomic E-state index is 5.92. The maximum Gasteiger partial charge on any atom is 0.0595 e. The van der Waals surface area contributed by atoms with Crippen molar-refractivity contribution in [2.75, 3.05) is 19.8 Å². The van der Waals surface area contributed by atoms with E-state index >= 15 is 0 Å². The van der Waals surface area contributed by atoms with E-state index in [4.69, 9.17) is 27.9 Å². The van der Waals surface area contributed by atoms with Crippen molar-refractivity contribution in [1.29, 1.82) is 0 Å². The first-order valence-electron chi connectivity index (χ1n) is 5.46. The summed E-state index contributed by atoms with van der Waals surface area (Å²) in [5.74, 6) is 0. The van der Waals surface area contributed by atoms with Gasteiger partial charge in [-0.1, -0.05) is 29.3 Å². The van der Waals surface area contributed by atoms with Crippen LogP contribution in [0.5, 0.6) is 0 Å². The van der Waals surface area contributed by atoms with Crippen LogP contribution in [0.2, 0.25) is 10.0 Å². The Hall–Kier alpha value is -0.280. The molecule has 0 aliphatic rings. The van der Waals surface area contributed by atoms with E-state index < -0.39 is 0 Å². The highest BCUT2D eigenvalue weighted by atomic mass is 35.5. The maximum atomic E-state index is 5.92. The number of rotatable bonds is 7. The Kier molecular flexibility index (Phi) is 6.81. The van der Waals surface area contributed by atoms with Crippen LogP contribution in [0.15, 0.2) is 18.2 Å². The van der Waals surface area contributed by atoms with Crippen molar-refractivity contribution in [2.24, 2.45) is 0 Å². The molecule has 0 fully saturated rings. The molecule has 0 amide bonds. The van der Waals surface area contributed by atoms with Crippen molar-refractivity contribution in [3.8, 4) is 0 Å². The van der Waals surface area contributed by atoms with E-state index in [9.17, 15) is 0 Å².